The third-order valence-corrected chi connectivity index (χ3v) is 3.30. The SMILES string of the molecule is COc1cccc(CN(C)Cc2c(C(=O)O)cnn2C)c1. The number of hydrogen-bond donors (Lipinski definition) is 1. The Labute approximate surface area is 123 Å². The number of hydrogen-bond acceptors (Lipinski definition) is 4. The number of carboxylic acids is 1. The van der Waals surface area contributed by atoms with Gasteiger partial charge in [0.2, 0.25) is 0 Å². The van der Waals surface area contributed by atoms with E-state index in [-0.39, 0.29) is 5.56 Å². The van der Waals surface area contributed by atoms with Gasteiger partial charge in [0.05, 0.1) is 19.0 Å². The van der Waals surface area contributed by atoms with E-state index in [0.717, 1.165) is 11.3 Å². The number of rotatable bonds is 6. The van der Waals surface area contributed by atoms with Gasteiger partial charge in [-0.1, -0.05) is 12.1 Å². The van der Waals surface area contributed by atoms with Gasteiger partial charge in [-0.25, -0.2) is 4.79 Å². The van der Waals surface area contributed by atoms with Gasteiger partial charge in [0.15, 0.2) is 0 Å². The zero-order valence-corrected chi connectivity index (χ0v) is 12.4. The number of carboxylic acid groups (broad SMARTS) is 1. The second-order valence-corrected chi connectivity index (χ2v) is 4.96. The van der Waals surface area contributed by atoms with E-state index in [2.05, 4.69) is 5.10 Å². The van der Waals surface area contributed by atoms with Crippen LogP contribution in [0.5, 0.6) is 5.75 Å². The van der Waals surface area contributed by atoms with Crippen LogP contribution in [0.15, 0.2) is 30.5 Å². The number of aryl methyl sites for hydroxylation is 1. The fourth-order valence-electron chi connectivity index (χ4n) is 2.22. The lowest BCUT2D eigenvalue weighted by Gasteiger charge is -2.17. The largest absolute Gasteiger partial charge is 0.497 e. The van der Waals surface area contributed by atoms with Gasteiger partial charge >= 0.3 is 5.97 Å². The second-order valence-electron chi connectivity index (χ2n) is 4.96. The van der Waals surface area contributed by atoms with Gasteiger partial charge in [0, 0.05) is 20.1 Å². The number of nitrogens with zero attached hydrogens (tertiary/aromatic N) is 3. The first kappa shape index (κ1) is 15.1. The average Bonchev–Trinajstić information content (AvgIpc) is 2.80. The minimum absolute atomic E-state index is 0.245. The van der Waals surface area contributed by atoms with Crippen LogP contribution in [0.3, 0.4) is 0 Å². The summed E-state index contributed by atoms with van der Waals surface area (Å²) in [6.45, 7) is 1.21. The van der Waals surface area contributed by atoms with Gasteiger partial charge in [0.1, 0.15) is 11.3 Å². The van der Waals surface area contributed by atoms with E-state index in [1.54, 1.807) is 18.8 Å². The van der Waals surface area contributed by atoms with Crippen LogP contribution in [0.25, 0.3) is 0 Å². The Hall–Kier alpha value is -2.34. The van der Waals surface area contributed by atoms with Gasteiger partial charge in [-0.15, -0.1) is 0 Å². The van der Waals surface area contributed by atoms with E-state index in [9.17, 15) is 4.79 Å². The van der Waals surface area contributed by atoms with Gasteiger partial charge in [-0.3, -0.25) is 9.58 Å². The first-order valence-corrected chi connectivity index (χ1v) is 6.57. The third kappa shape index (κ3) is 3.61. The van der Waals surface area contributed by atoms with Crippen molar-refractivity contribution in [3.05, 3.63) is 47.3 Å². The molecule has 6 nitrogen and oxygen atoms in total. The number of aromatic nitrogens is 2. The maximum absolute atomic E-state index is 11.2. The highest BCUT2D eigenvalue weighted by Gasteiger charge is 2.16. The highest BCUT2D eigenvalue weighted by atomic mass is 16.5. The first-order valence-electron chi connectivity index (χ1n) is 6.57. The zero-order valence-electron chi connectivity index (χ0n) is 12.4. The lowest BCUT2D eigenvalue weighted by atomic mass is 10.2. The molecule has 112 valence electrons. The smallest absolute Gasteiger partial charge is 0.339 e. The minimum Gasteiger partial charge on any atom is -0.497 e. The molecule has 0 aliphatic heterocycles. The topological polar surface area (TPSA) is 67.6 Å². The lowest BCUT2D eigenvalue weighted by Crippen LogP contribution is -2.20. The molecule has 1 N–H and O–H groups in total. The number of aromatic carboxylic acids is 1. The summed E-state index contributed by atoms with van der Waals surface area (Å²) in [4.78, 5) is 13.2. The van der Waals surface area contributed by atoms with Crippen LogP contribution in [0.1, 0.15) is 21.6 Å². The van der Waals surface area contributed by atoms with Gasteiger partial charge < -0.3 is 9.84 Å². The molecule has 1 aromatic heterocycles. The summed E-state index contributed by atoms with van der Waals surface area (Å²) in [5.41, 5.74) is 2.04. The van der Waals surface area contributed by atoms with Crippen molar-refractivity contribution in [1.29, 1.82) is 0 Å². The summed E-state index contributed by atoms with van der Waals surface area (Å²) >= 11 is 0. The first-order chi connectivity index (χ1) is 10.0. The maximum atomic E-state index is 11.2. The Morgan fingerprint density at radius 2 is 2.19 bits per heavy atom. The van der Waals surface area contributed by atoms with Crippen molar-refractivity contribution in [3.63, 3.8) is 0 Å². The zero-order chi connectivity index (χ0) is 15.4. The normalized spacial score (nSPS) is 10.9. The molecule has 0 saturated carbocycles. The summed E-state index contributed by atoms with van der Waals surface area (Å²) in [6.07, 6.45) is 1.39. The molecule has 0 saturated heterocycles. The molecule has 21 heavy (non-hydrogen) atoms. The summed E-state index contributed by atoms with van der Waals surface area (Å²) in [5.74, 6) is -0.138. The number of methoxy groups -OCH3 is 1. The predicted octanol–water partition coefficient (Wildman–Crippen LogP) is 1.76. The number of benzene rings is 1. The average molecular weight is 289 g/mol. The molecule has 0 unspecified atom stereocenters. The summed E-state index contributed by atoms with van der Waals surface area (Å²) in [6, 6.07) is 7.82. The Morgan fingerprint density at radius 3 is 2.86 bits per heavy atom. The van der Waals surface area contributed by atoms with E-state index in [1.807, 2.05) is 36.2 Å². The van der Waals surface area contributed by atoms with Gasteiger partial charge in [-0.05, 0) is 24.7 Å². The molecule has 0 aliphatic rings. The van der Waals surface area contributed by atoms with Crippen molar-refractivity contribution < 1.29 is 14.6 Å². The highest BCUT2D eigenvalue weighted by Crippen LogP contribution is 2.16. The lowest BCUT2D eigenvalue weighted by molar-refractivity contribution is 0.0694. The molecule has 1 heterocycles. The molecule has 0 fully saturated rings. The van der Waals surface area contributed by atoms with Crippen LogP contribution in [-0.4, -0.2) is 39.9 Å². The van der Waals surface area contributed by atoms with E-state index in [1.165, 1.54) is 6.20 Å². The van der Waals surface area contributed by atoms with Crippen molar-refractivity contribution in [2.45, 2.75) is 13.1 Å². The third-order valence-electron chi connectivity index (χ3n) is 3.30. The molecule has 0 spiro atoms. The van der Waals surface area contributed by atoms with E-state index in [4.69, 9.17) is 9.84 Å². The molecule has 0 amide bonds. The molecular weight excluding hydrogens is 270 g/mol. The summed E-state index contributed by atoms with van der Waals surface area (Å²) in [7, 11) is 5.33. The molecule has 0 radical (unpaired) electrons. The molecule has 0 bridgehead atoms. The molecule has 6 heteroatoms. The maximum Gasteiger partial charge on any atom is 0.339 e. The Morgan fingerprint density at radius 1 is 1.43 bits per heavy atom. The predicted molar refractivity (Wildman–Crippen MR) is 78.3 cm³/mol. The van der Waals surface area contributed by atoms with Crippen molar-refractivity contribution in [2.24, 2.45) is 7.05 Å². The van der Waals surface area contributed by atoms with Crippen LogP contribution in [-0.2, 0) is 20.1 Å². The number of ether oxygens (including phenoxy) is 1. The van der Waals surface area contributed by atoms with Crippen molar-refractivity contribution in [3.8, 4) is 5.75 Å². The molecule has 1 aromatic carbocycles. The van der Waals surface area contributed by atoms with Gasteiger partial charge in [0.25, 0.3) is 0 Å². The molecular formula is C15H19N3O3. The highest BCUT2D eigenvalue weighted by molar-refractivity contribution is 5.88. The fourth-order valence-corrected chi connectivity index (χ4v) is 2.22. The molecule has 2 rings (SSSR count). The quantitative estimate of drug-likeness (QED) is 0.877. The molecule has 0 aliphatic carbocycles. The van der Waals surface area contributed by atoms with Crippen LogP contribution in [0.2, 0.25) is 0 Å². The Kier molecular flexibility index (Phi) is 4.59. The monoisotopic (exact) mass is 289 g/mol. The molecule has 2 aromatic rings. The van der Waals surface area contributed by atoms with E-state index in [0.29, 0.717) is 18.8 Å². The summed E-state index contributed by atoms with van der Waals surface area (Å²) < 4.78 is 6.80. The number of carbonyl (C=O) groups is 1. The minimum atomic E-state index is -0.951. The van der Waals surface area contributed by atoms with Crippen molar-refractivity contribution >= 4 is 5.97 Å². The van der Waals surface area contributed by atoms with E-state index < -0.39 is 5.97 Å². The fraction of sp³-hybridized carbons (Fsp3) is 0.333. The standard InChI is InChI=1S/C15H19N3O3/c1-17(9-11-5-4-6-12(7-11)21-3)10-14-13(15(19)20)8-16-18(14)2/h4-8H,9-10H2,1-3H3,(H,19,20). The Balaban J connectivity index is 2.09. The second kappa shape index (κ2) is 6.41. The van der Waals surface area contributed by atoms with Crippen molar-refractivity contribution in [2.75, 3.05) is 14.2 Å². The van der Waals surface area contributed by atoms with Crippen LogP contribution in [0, 0.1) is 0 Å². The van der Waals surface area contributed by atoms with Crippen molar-refractivity contribution in [1.82, 2.24) is 14.7 Å². The summed E-state index contributed by atoms with van der Waals surface area (Å²) in [5, 5.41) is 13.2. The van der Waals surface area contributed by atoms with E-state index >= 15 is 0 Å². The van der Waals surface area contributed by atoms with Crippen LogP contribution >= 0.6 is 0 Å². The van der Waals surface area contributed by atoms with Gasteiger partial charge in [-0.2, -0.15) is 5.10 Å². The molecule has 0 atom stereocenters. The van der Waals surface area contributed by atoms with Crippen LogP contribution in [0.4, 0.5) is 0 Å². The van der Waals surface area contributed by atoms with Crippen LogP contribution < -0.4 is 4.74 Å². The Bertz CT molecular complexity index is 637.